The fraction of sp³-hybridized carbons (Fsp3) is 0.467. The van der Waals surface area contributed by atoms with E-state index in [4.69, 9.17) is 19.9 Å². The predicted octanol–water partition coefficient (Wildman–Crippen LogP) is 2.50. The van der Waals surface area contributed by atoms with Crippen molar-refractivity contribution in [1.82, 2.24) is 40.3 Å². The standard InChI is InChI=1S/C45H49FN12O8S/c1-4-39(60)56-14-5-6-32(56)40-27-19-37(49-36-11-13-47-45(50-36)55-15-12-34(66-3)31(46)22-55)48-20-29(27)41(53-52-40)57-21-30(24(57)2)35-23-54(16-17-67(35,64)65)25-7-8-26-28(18-25)44(63)58(43(26)62)33-9-10-38(59)51-42(33)61/h4,7-8,11,13,18-20,24,30-35H,1,5-6,9-10,12,14-17,21-23H2,2-3H3,(H,51,59,61)(H,47,48,49,50)/t24?,30?,31-,32?,33?,34+,35?/m0/s1. The molecule has 0 radical (unpaired) electrons. The first kappa shape index (κ1) is 44.2. The van der Waals surface area contributed by atoms with E-state index in [0.717, 1.165) is 11.3 Å². The van der Waals surface area contributed by atoms with Crippen molar-refractivity contribution in [3.05, 3.63) is 72.2 Å². The van der Waals surface area contributed by atoms with E-state index in [9.17, 15) is 36.8 Å². The summed E-state index contributed by atoms with van der Waals surface area (Å²) in [6.07, 6.45) is 4.84. The second kappa shape index (κ2) is 17.2. The number of nitrogens with one attached hydrogen (secondary N) is 2. The first-order valence-electron chi connectivity index (χ1n) is 22.4. The molecule has 5 amide bonds. The highest BCUT2D eigenvalue weighted by Gasteiger charge is 2.50. The van der Waals surface area contributed by atoms with Crippen LogP contribution in [-0.2, 0) is 29.0 Å². The summed E-state index contributed by atoms with van der Waals surface area (Å²) >= 11 is 0. The zero-order valence-electron chi connectivity index (χ0n) is 36.9. The van der Waals surface area contributed by atoms with E-state index in [1.54, 1.807) is 40.4 Å². The van der Waals surface area contributed by atoms with Crippen LogP contribution in [0.5, 0.6) is 0 Å². The number of hydrogen-bond acceptors (Lipinski definition) is 17. The van der Waals surface area contributed by atoms with Crippen molar-refractivity contribution < 1.29 is 41.5 Å². The van der Waals surface area contributed by atoms with Gasteiger partial charge in [-0.15, -0.1) is 5.10 Å². The summed E-state index contributed by atoms with van der Waals surface area (Å²) in [5, 5.41) is 15.6. The highest BCUT2D eigenvalue weighted by atomic mass is 32.2. The average Bonchev–Trinajstić information content (AvgIpc) is 3.90. The number of fused-ring (bicyclic) bond motifs is 2. The van der Waals surface area contributed by atoms with E-state index < -0.39 is 57.0 Å². The Morgan fingerprint density at radius 1 is 0.925 bits per heavy atom. The Balaban J connectivity index is 0.903. The van der Waals surface area contributed by atoms with Crippen LogP contribution in [0.4, 0.5) is 33.5 Å². The van der Waals surface area contributed by atoms with E-state index in [-0.39, 0.29) is 73.3 Å². The van der Waals surface area contributed by atoms with Crippen LogP contribution in [0.3, 0.4) is 0 Å². The maximum Gasteiger partial charge on any atom is 0.262 e. The molecule has 0 bridgehead atoms. The van der Waals surface area contributed by atoms with Gasteiger partial charge in [-0.1, -0.05) is 6.58 Å². The van der Waals surface area contributed by atoms with E-state index in [1.807, 2.05) is 22.8 Å². The molecular formula is C45H49FN12O8S. The van der Waals surface area contributed by atoms with Gasteiger partial charge in [0.2, 0.25) is 23.7 Å². The van der Waals surface area contributed by atoms with Gasteiger partial charge in [0.1, 0.15) is 23.8 Å². The SMILES string of the molecule is C=CC(=O)N1CCCC1c1nnc(N2CC(C3CN(c4ccc5c(c4)C(=O)N(C4CCC(=O)NC4=O)C5=O)CCS3(=O)=O)C2C)c2cnc(Nc3ccnc(N4CC[C@@H](OC)[C@@H](F)C4)n3)cc12. The minimum Gasteiger partial charge on any atom is -0.378 e. The number of pyridine rings is 1. The molecule has 67 heavy (non-hydrogen) atoms. The summed E-state index contributed by atoms with van der Waals surface area (Å²) in [6.45, 7) is 7.47. The van der Waals surface area contributed by atoms with Crippen molar-refractivity contribution in [3.63, 3.8) is 0 Å². The summed E-state index contributed by atoms with van der Waals surface area (Å²) in [5.41, 5.74) is 1.42. The molecule has 10 rings (SSSR count). The molecule has 5 saturated heterocycles. The number of likely N-dealkylation sites (tertiary alicyclic amines) is 1. The lowest BCUT2D eigenvalue weighted by molar-refractivity contribution is -0.136. The number of benzene rings is 1. The number of carbonyl (C=O) groups is 5. The first-order valence-corrected chi connectivity index (χ1v) is 24.2. The maximum absolute atomic E-state index is 14.8. The molecule has 1 aromatic carbocycles. The number of sulfone groups is 1. The summed E-state index contributed by atoms with van der Waals surface area (Å²) in [6, 6.07) is 6.54. The molecule has 7 atom stereocenters. The Labute approximate surface area is 384 Å². The van der Waals surface area contributed by atoms with Crippen LogP contribution >= 0.6 is 0 Å². The minimum absolute atomic E-state index is 0.00357. The Hall–Kier alpha value is -6.68. The number of amides is 5. The number of carbonyl (C=O) groups excluding carboxylic acids is 5. The number of ether oxygens (including phenoxy) is 1. The largest absolute Gasteiger partial charge is 0.378 e. The van der Waals surface area contributed by atoms with Gasteiger partial charge in [0.25, 0.3) is 11.8 Å². The number of methoxy groups -OCH3 is 1. The number of hydrogen-bond donors (Lipinski definition) is 2. The summed E-state index contributed by atoms with van der Waals surface area (Å²) < 4.78 is 47.8. The molecule has 5 fully saturated rings. The third kappa shape index (κ3) is 7.78. The highest BCUT2D eigenvalue weighted by Crippen LogP contribution is 2.43. The van der Waals surface area contributed by atoms with Crippen molar-refractivity contribution in [1.29, 1.82) is 0 Å². The maximum atomic E-state index is 14.8. The zero-order valence-corrected chi connectivity index (χ0v) is 37.7. The van der Waals surface area contributed by atoms with Crippen LogP contribution in [-0.4, -0.2) is 155 Å². The molecule has 22 heteroatoms. The van der Waals surface area contributed by atoms with Crippen molar-refractivity contribution in [2.24, 2.45) is 5.92 Å². The topological polar surface area (TPSA) is 233 Å². The van der Waals surface area contributed by atoms with Crippen molar-refractivity contribution >= 4 is 79.2 Å². The van der Waals surface area contributed by atoms with E-state index in [0.29, 0.717) is 78.0 Å². The molecule has 0 spiro atoms. The number of halogens is 1. The molecule has 6 aliphatic rings. The van der Waals surface area contributed by atoms with Crippen LogP contribution in [0.25, 0.3) is 10.8 Å². The van der Waals surface area contributed by atoms with Crippen LogP contribution < -0.4 is 25.3 Å². The fourth-order valence-corrected chi connectivity index (χ4v) is 12.5. The number of imide groups is 2. The molecule has 0 saturated carbocycles. The summed E-state index contributed by atoms with van der Waals surface area (Å²) in [4.78, 5) is 86.5. The third-order valence-corrected chi connectivity index (χ3v) is 16.4. The molecule has 6 aliphatic heterocycles. The van der Waals surface area contributed by atoms with E-state index in [2.05, 4.69) is 27.2 Å². The van der Waals surface area contributed by atoms with Crippen molar-refractivity contribution in [3.8, 4) is 0 Å². The number of piperidine rings is 2. The number of anilines is 5. The average molecular weight is 937 g/mol. The molecule has 0 aliphatic carbocycles. The normalized spacial score (nSPS) is 27.3. The van der Waals surface area contributed by atoms with Crippen LogP contribution in [0.15, 0.2) is 55.4 Å². The Bertz CT molecular complexity index is 2850. The second-order valence-electron chi connectivity index (χ2n) is 17.9. The number of rotatable bonds is 10. The van der Waals surface area contributed by atoms with Gasteiger partial charge in [-0.3, -0.25) is 34.2 Å². The lowest BCUT2D eigenvalue weighted by atomic mass is 9.85. The number of alkyl halides is 1. The molecule has 3 aromatic heterocycles. The van der Waals surface area contributed by atoms with Gasteiger partial charge in [0.05, 0.1) is 46.5 Å². The van der Waals surface area contributed by atoms with Crippen LogP contribution in [0.1, 0.15) is 71.5 Å². The Morgan fingerprint density at radius 3 is 2.51 bits per heavy atom. The summed E-state index contributed by atoms with van der Waals surface area (Å²) in [7, 11) is -2.06. The zero-order chi connectivity index (χ0) is 46.9. The van der Waals surface area contributed by atoms with Gasteiger partial charge in [0.15, 0.2) is 15.7 Å². The van der Waals surface area contributed by atoms with E-state index in [1.165, 1.54) is 19.3 Å². The molecular weight excluding hydrogens is 888 g/mol. The van der Waals surface area contributed by atoms with Gasteiger partial charge < -0.3 is 29.7 Å². The lowest BCUT2D eigenvalue weighted by Crippen LogP contribution is -2.64. The third-order valence-electron chi connectivity index (χ3n) is 14.2. The molecule has 4 aromatic rings. The van der Waals surface area contributed by atoms with Crippen LogP contribution in [0, 0.1) is 5.92 Å². The number of nitrogens with zero attached hydrogens (tertiary/aromatic N) is 10. The first-order chi connectivity index (χ1) is 32.2. The lowest BCUT2D eigenvalue weighted by Gasteiger charge is -2.52. The van der Waals surface area contributed by atoms with E-state index >= 15 is 0 Å². The molecule has 20 nitrogen and oxygen atoms in total. The monoisotopic (exact) mass is 936 g/mol. The Morgan fingerprint density at radius 2 is 1.75 bits per heavy atom. The number of aromatic nitrogens is 5. The van der Waals surface area contributed by atoms with Gasteiger partial charge in [-0.2, -0.15) is 10.1 Å². The second-order valence-corrected chi connectivity index (χ2v) is 20.2. The van der Waals surface area contributed by atoms with Gasteiger partial charge >= 0.3 is 0 Å². The van der Waals surface area contributed by atoms with Crippen molar-refractivity contribution in [2.75, 3.05) is 72.1 Å². The van der Waals surface area contributed by atoms with Crippen LogP contribution in [0.2, 0.25) is 0 Å². The summed E-state index contributed by atoms with van der Waals surface area (Å²) in [5.74, 6) is -1.33. The molecule has 2 N–H and O–H groups in total. The predicted molar refractivity (Wildman–Crippen MR) is 242 cm³/mol. The van der Waals surface area contributed by atoms with Crippen molar-refractivity contribution in [2.45, 2.75) is 74.7 Å². The molecule has 350 valence electrons. The van der Waals surface area contributed by atoms with Gasteiger partial charge in [-0.05, 0) is 69.0 Å². The Kier molecular flexibility index (Phi) is 11.3. The molecule has 9 heterocycles. The van der Waals surface area contributed by atoms with Gasteiger partial charge in [-0.25, -0.2) is 22.8 Å². The fourth-order valence-electron chi connectivity index (χ4n) is 10.5. The van der Waals surface area contributed by atoms with Gasteiger partial charge in [0, 0.05) is 87.1 Å². The smallest absolute Gasteiger partial charge is 0.262 e. The highest BCUT2D eigenvalue weighted by molar-refractivity contribution is 7.92. The quantitative estimate of drug-likeness (QED) is 0.172. The minimum atomic E-state index is -3.57. The molecule has 5 unspecified atom stereocenters.